The van der Waals surface area contributed by atoms with Gasteiger partial charge >= 0.3 is 5.97 Å². The number of hydrogen-bond donors (Lipinski definition) is 2. The lowest BCUT2D eigenvalue weighted by Gasteiger charge is -2.14. The second-order valence-corrected chi connectivity index (χ2v) is 4.03. The van der Waals surface area contributed by atoms with Gasteiger partial charge in [0, 0.05) is 24.3 Å². The normalized spacial score (nSPS) is 11.7. The molecular weight excluding hydrogens is 268 g/mol. The molecule has 1 amide bonds. The van der Waals surface area contributed by atoms with E-state index in [9.17, 15) is 19.7 Å². The summed E-state index contributed by atoms with van der Waals surface area (Å²) in [5.74, 6) is -1.95. The van der Waals surface area contributed by atoms with Crippen LogP contribution in [0.4, 0.5) is 5.69 Å². The molecule has 2 N–H and O–H groups in total. The summed E-state index contributed by atoms with van der Waals surface area (Å²) in [5, 5.41) is 22.0. The molecular formula is C12H14N2O6. The second kappa shape index (κ2) is 6.62. The van der Waals surface area contributed by atoms with E-state index in [1.807, 2.05) is 0 Å². The molecule has 1 rings (SSSR count). The number of benzene rings is 1. The summed E-state index contributed by atoms with van der Waals surface area (Å²) in [7, 11) is 1.31. The first-order valence-electron chi connectivity index (χ1n) is 5.65. The smallest absolute Gasteiger partial charge is 0.328 e. The average Bonchev–Trinajstić information content (AvgIpc) is 2.37. The molecule has 1 unspecified atom stereocenters. The number of methoxy groups -OCH3 is 1. The zero-order valence-corrected chi connectivity index (χ0v) is 11.0. The van der Waals surface area contributed by atoms with Gasteiger partial charge in [-0.15, -0.1) is 0 Å². The number of nitrogens with zero attached hydrogens (tertiary/aromatic N) is 1. The highest BCUT2D eigenvalue weighted by atomic mass is 16.6. The molecule has 8 nitrogen and oxygen atoms in total. The van der Waals surface area contributed by atoms with Crippen molar-refractivity contribution in [1.82, 2.24) is 5.32 Å². The third kappa shape index (κ3) is 3.51. The highest BCUT2D eigenvalue weighted by Crippen LogP contribution is 2.20. The lowest BCUT2D eigenvalue weighted by Crippen LogP contribution is -2.44. The van der Waals surface area contributed by atoms with Crippen LogP contribution in [-0.2, 0) is 9.53 Å². The highest BCUT2D eigenvalue weighted by Gasteiger charge is 2.23. The molecule has 0 bridgehead atoms. The Morgan fingerprint density at radius 1 is 1.50 bits per heavy atom. The van der Waals surface area contributed by atoms with Gasteiger partial charge in [0.1, 0.15) is 0 Å². The molecule has 8 heteroatoms. The van der Waals surface area contributed by atoms with Crippen molar-refractivity contribution in [3.05, 3.63) is 39.4 Å². The van der Waals surface area contributed by atoms with E-state index in [1.165, 1.54) is 32.2 Å². The minimum absolute atomic E-state index is 0.0570. The number of carboxylic acids is 1. The predicted octanol–water partition coefficient (Wildman–Crippen LogP) is 0.733. The third-order valence-corrected chi connectivity index (χ3v) is 2.68. The Labute approximate surface area is 114 Å². The van der Waals surface area contributed by atoms with Gasteiger partial charge in [-0.05, 0) is 13.0 Å². The minimum Gasteiger partial charge on any atom is -0.480 e. The monoisotopic (exact) mass is 282 g/mol. The molecule has 20 heavy (non-hydrogen) atoms. The maximum absolute atomic E-state index is 12.0. The van der Waals surface area contributed by atoms with Crippen LogP contribution in [0.5, 0.6) is 0 Å². The minimum atomic E-state index is -1.25. The van der Waals surface area contributed by atoms with Gasteiger partial charge in [-0.3, -0.25) is 14.9 Å². The molecule has 1 aromatic carbocycles. The fraction of sp³-hybridized carbons (Fsp3) is 0.333. The van der Waals surface area contributed by atoms with E-state index in [0.717, 1.165) is 0 Å². The Kier molecular flexibility index (Phi) is 5.15. The number of carbonyl (C=O) groups is 2. The number of amides is 1. The molecule has 1 atom stereocenters. The van der Waals surface area contributed by atoms with Gasteiger partial charge in [-0.1, -0.05) is 6.07 Å². The summed E-state index contributed by atoms with van der Waals surface area (Å²) in [4.78, 5) is 33.1. The lowest BCUT2D eigenvalue weighted by molar-refractivity contribution is -0.385. The fourth-order valence-corrected chi connectivity index (χ4v) is 1.64. The number of aliphatic carboxylic acids is 1. The fourth-order valence-electron chi connectivity index (χ4n) is 1.64. The number of carboxylic acid groups (broad SMARTS) is 1. The van der Waals surface area contributed by atoms with Crippen molar-refractivity contribution in [3.8, 4) is 0 Å². The molecule has 0 aliphatic heterocycles. The van der Waals surface area contributed by atoms with Gasteiger partial charge in [0.15, 0.2) is 6.04 Å². The first-order chi connectivity index (χ1) is 9.38. The number of rotatable bonds is 6. The highest BCUT2D eigenvalue weighted by molar-refractivity contribution is 5.98. The van der Waals surface area contributed by atoms with E-state index in [4.69, 9.17) is 9.84 Å². The number of nitrogens with one attached hydrogen (secondary N) is 1. The summed E-state index contributed by atoms with van der Waals surface area (Å²) >= 11 is 0. The van der Waals surface area contributed by atoms with Crippen LogP contribution in [0, 0.1) is 17.0 Å². The van der Waals surface area contributed by atoms with Crippen molar-refractivity contribution < 1.29 is 24.4 Å². The van der Waals surface area contributed by atoms with Crippen molar-refractivity contribution in [2.45, 2.75) is 13.0 Å². The topological polar surface area (TPSA) is 119 Å². The largest absolute Gasteiger partial charge is 0.480 e. The number of hydrogen-bond acceptors (Lipinski definition) is 5. The molecule has 0 spiro atoms. The Balaban J connectivity index is 3.00. The molecule has 0 saturated carbocycles. The van der Waals surface area contributed by atoms with Gasteiger partial charge in [0.25, 0.3) is 11.6 Å². The van der Waals surface area contributed by atoms with Crippen molar-refractivity contribution in [1.29, 1.82) is 0 Å². The average molecular weight is 282 g/mol. The summed E-state index contributed by atoms with van der Waals surface area (Å²) < 4.78 is 4.69. The maximum atomic E-state index is 12.0. The number of carbonyl (C=O) groups excluding carboxylic acids is 1. The zero-order valence-electron chi connectivity index (χ0n) is 11.0. The molecule has 0 saturated heterocycles. The zero-order chi connectivity index (χ0) is 15.3. The SMILES string of the molecule is COCC(NC(=O)c1cccc([N+](=O)[O-])c1C)C(=O)O. The lowest BCUT2D eigenvalue weighted by atomic mass is 10.1. The molecule has 0 radical (unpaired) electrons. The van der Waals surface area contributed by atoms with E-state index in [2.05, 4.69) is 5.32 Å². The van der Waals surface area contributed by atoms with Gasteiger partial charge in [0.2, 0.25) is 0 Å². The van der Waals surface area contributed by atoms with Crippen LogP contribution >= 0.6 is 0 Å². The van der Waals surface area contributed by atoms with E-state index < -0.39 is 22.8 Å². The predicted molar refractivity (Wildman–Crippen MR) is 68.6 cm³/mol. The van der Waals surface area contributed by atoms with Crippen LogP contribution in [0.1, 0.15) is 15.9 Å². The summed E-state index contributed by atoms with van der Waals surface area (Å²) in [6.45, 7) is 1.23. The molecule has 0 aliphatic rings. The van der Waals surface area contributed by atoms with E-state index in [-0.39, 0.29) is 23.4 Å². The first kappa shape index (κ1) is 15.6. The van der Waals surface area contributed by atoms with Gasteiger partial charge in [-0.2, -0.15) is 0 Å². The van der Waals surface area contributed by atoms with Crippen LogP contribution in [0.15, 0.2) is 18.2 Å². The van der Waals surface area contributed by atoms with Gasteiger partial charge in [-0.25, -0.2) is 4.79 Å². The molecule has 0 fully saturated rings. The standard InChI is InChI=1S/C12H14N2O6/c1-7-8(4-3-5-10(7)14(18)19)11(15)13-9(6-20-2)12(16)17/h3-5,9H,6H2,1-2H3,(H,13,15)(H,16,17). The van der Waals surface area contributed by atoms with Crippen LogP contribution in [-0.4, -0.2) is 41.7 Å². The summed E-state index contributed by atoms with van der Waals surface area (Å²) in [5.41, 5.74) is 0.0365. The summed E-state index contributed by atoms with van der Waals surface area (Å²) in [6, 6.07) is 2.82. The van der Waals surface area contributed by atoms with E-state index in [0.29, 0.717) is 0 Å². The van der Waals surface area contributed by atoms with E-state index >= 15 is 0 Å². The number of ether oxygens (including phenoxy) is 1. The van der Waals surface area contributed by atoms with Crippen LogP contribution in [0.2, 0.25) is 0 Å². The van der Waals surface area contributed by atoms with Crippen molar-refractivity contribution >= 4 is 17.6 Å². The van der Waals surface area contributed by atoms with Gasteiger partial charge < -0.3 is 15.2 Å². The van der Waals surface area contributed by atoms with Crippen molar-refractivity contribution in [2.75, 3.05) is 13.7 Å². The maximum Gasteiger partial charge on any atom is 0.328 e. The molecule has 0 aliphatic carbocycles. The first-order valence-corrected chi connectivity index (χ1v) is 5.65. The quantitative estimate of drug-likeness (QED) is 0.586. The summed E-state index contributed by atoms with van der Waals surface area (Å²) in [6.07, 6.45) is 0. The molecule has 1 aromatic rings. The molecule has 108 valence electrons. The van der Waals surface area contributed by atoms with Crippen molar-refractivity contribution in [2.24, 2.45) is 0 Å². The van der Waals surface area contributed by atoms with Crippen LogP contribution < -0.4 is 5.32 Å². The number of nitro groups is 1. The van der Waals surface area contributed by atoms with Crippen LogP contribution in [0.25, 0.3) is 0 Å². The second-order valence-electron chi connectivity index (χ2n) is 4.03. The van der Waals surface area contributed by atoms with Gasteiger partial charge in [0.05, 0.1) is 11.5 Å². The van der Waals surface area contributed by atoms with Crippen molar-refractivity contribution in [3.63, 3.8) is 0 Å². The Hall–Kier alpha value is -2.48. The van der Waals surface area contributed by atoms with Crippen LogP contribution in [0.3, 0.4) is 0 Å². The number of nitro benzene ring substituents is 1. The Morgan fingerprint density at radius 2 is 2.15 bits per heavy atom. The van der Waals surface area contributed by atoms with E-state index in [1.54, 1.807) is 0 Å². The Bertz CT molecular complexity index is 543. The third-order valence-electron chi connectivity index (χ3n) is 2.68. The molecule has 0 heterocycles. The Morgan fingerprint density at radius 3 is 2.65 bits per heavy atom. The molecule has 0 aromatic heterocycles.